The summed E-state index contributed by atoms with van der Waals surface area (Å²) >= 11 is 0. The minimum Gasteiger partial charge on any atom is -0.504 e. The van der Waals surface area contributed by atoms with Crippen LogP contribution >= 0.6 is 0 Å². The highest BCUT2D eigenvalue weighted by molar-refractivity contribution is 6.04. The molecule has 0 aliphatic rings. The van der Waals surface area contributed by atoms with Gasteiger partial charge >= 0.3 is 11.9 Å². The number of aromatic hydroxyl groups is 2. The van der Waals surface area contributed by atoms with Crippen LogP contribution in [-0.2, 0) is 32.2 Å². The molecule has 1 amide bonds. The lowest BCUT2D eigenvalue weighted by Gasteiger charge is -2.14. The van der Waals surface area contributed by atoms with Crippen molar-refractivity contribution in [1.29, 1.82) is 0 Å². The number of ether oxygens (including phenoxy) is 10. The summed E-state index contributed by atoms with van der Waals surface area (Å²) in [5.41, 5.74) is 9.52. The maximum absolute atomic E-state index is 12.3. The lowest BCUT2D eigenvalue weighted by molar-refractivity contribution is 0.0322. The van der Waals surface area contributed by atoms with Crippen LogP contribution in [0.15, 0.2) is 164 Å². The van der Waals surface area contributed by atoms with Crippen LogP contribution < -0.4 is 39.5 Å². The molecular weight excluding hydrogens is 961 g/mol. The first-order valence-corrected chi connectivity index (χ1v) is 22.2. The zero-order valence-electron chi connectivity index (χ0n) is 41.0. The van der Waals surface area contributed by atoms with Crippen molar-refractivity contribution in [1.82, 2.24) is 0 Å². The number of carbonyl (C=O) groups excluding carboxylic acids is 1. The van der Waals surface area contributed by atoms with E-state index in [-0.39, 0.29) is 50.0 Å². The summed E-state index contributed by atoms with van der Waals surface area (Å²) in [5.74, 6) is -0.206. The summed E-state index contributed by atoms with van der Waals surface area (Å²) in [5, 5.41) is 38.0. The number of methoxy groups -OCH3 is 4. The van der Waals surface area contributed by atoms with E-state index in [2.05, 4.69) is 5.32 Å². The first-order chi connectivity index (χ1) is 35.8. The first kappa shape index (κ1) is 57.6. The predicted molar refractivity (Wildman–Crippen MR) is 273 cm³/mol. The molecule has 7 aromatic carbocycles. The molecule has 0 spiro atoms. The van der Waals surface area contributed by atoms with Crippen molar-refractivity contribution in [2.75, 3.05) is 66.7 Å². The topological polar surface area (TPSA) is 262 Å². The molecule has 390 valence electrons. The van der Waals surface area contributed by atoms with Crippen LogP contribution in [0, 0.1) is 0 Å². The Balaban J connectivity index is 0.000000223. The van der Waals surface area contributed by atoms with Crippen LogP contribution in [0.3, 0.4) is 0 Å². The third-order valence-corrected chi connectivity index (χ3v) is 9.42. The van der Waals surface area contributed by atoms with Crippen LogP contribution in [0.25, 0.3) is 0 Å². The molecule has 0 fully saturated rings. The van der Waals surface area contributed by atoms with E-state index in [0.717, 1.165) is 28.9 Å². The molecule has 0 aliphatic carbocycles. The number of phenolic OH excluding ortho intramolecular Hbond substituents is 2. The fraction of sp³-hybridized carbons (Fsp3) is 0.182. The molecule has 0 aliphatic heterocycles. The summed E-state index contributed by atoms with van der Waals surface area (Å²) in [6, 6.07) is 46.7. The van der Waals surface area contributed by atoms with E-state index in [1.165, 1.54) is 32.4 Å². The number of hydrogen-bond donors (Lipinski definition) is 6. The van der Waals surface area contributed by atoms with Gasteiger partial charge in [0, 0.05) is 51.4 Å². The number of para-hydroxylation sites is 1. The van der Waals surface area contributed by atoms with Crippen LogP contribution in [0.1, 0.15) is 42.2 Å². The standard InChI is InChI=1S/C21H18O4.C17H19NO5.C10H15NO4.C7H6O4/c22-21(23)18-11-12-19(24-14-16-7-3-1-4-8-16)20(13-18)25-15-17-9-5-2-6-10-17;1-20-11-22-15-9-8-13(10-16(15)23-12-21-2)17(19)18-14-6-4-3-5-7-14;1-12-6-14-9-4-3-8(11)5-10(9)15-7-13-2;8-5-2-1-4(7(10)11)3-6(5)9/h1-13H,14-15H2,(H,22,23);3-10H,11-12H2,1-2H3,(H,18,19);3-5H,6-7,11H2,1-2H3;1-3,8-9H,(H,10,11). The highest BCUT2D eigenvalue weighted by atomic mass is 16.7. The molecule has 0 radical (unpaired) electrons. The first-order valence-electron chi connectivity index (χ1n) is 22.2. The number of hydrogen-bond acceptors (Lipinski definition) is 16. The van der Waals surface area contributed by atoms with Gasteiger partial charge in [-0.25, -0.2) is 9.59 Å². The Labute approximate surface area is 427 Å². The van der Waals surface area contributed by atoms with Crippen LogP contribution in [0.4, 0.5) is 11.4 Å². The van der Waals surface area contributed by atoms with Crippen molar-refractivity contribution in [2.45, 2.75) is 13.2 Å². The lowest BCUT2D eigenvalue weighted by atomic mass is 10.2. The van der Waals surface area contributed by atoms with Gasteiger partial charge in [-0.15, -0.1) is 0 Å². The van der Waals surface area contributed by atoms with E-state index in [9.17, 15) is 19.5 Å². The second-order valence-electron chi connectivity index (χ2n) is 14.9. The normalized spacial score (nSPS) is 10.1. The maximum Gasteiger partial charge on any atom is 0.335 e. The number of carboxylic acid groups (broad SMARTS) is 2. The van der Waals surface area contributed by atoms with Gasteiger partial charge in [-0.05, 0) is 90.0 Å². The van der Waals surface area contributed by atoms with Crippen molar-refractivity contribution in [3.8, 4) is 46.0 Å². The Morgan fingerprint density at radius 1 is 0.419 bits per heavy atom. The van der Waals surface area contributed by atoms with Crippen molar-refractivity contribution < 1.29 is 82.2 Å². The minimum absolute atomic E-state index is 0.0487. The number of nitrogen functional groups attached to an aromatic ring is 1. The molecular formula is C55H58N2O17. The molecule has 74 heavy (non-hydrogen) atoms. The number of amides is 1. The number of aromatic carboxylic acids is 2. The summed E-state index contributed by atoms with van der Waals surface area (Å²) < 4.78 is 52.4. The number of carboxylic acids is 2. The summed E-state index contributed by atoms with van der Waals surface area (Å²) in [6.45, 7) is 1.16. The Morgan fingerprint density at radius 3 is 1.28 bits per heavy atom. The largest absolute Gasteiger partial charge is 0.504 e. The molecule has 0 saturated heterocycles. The number of nitrogens with two attached hydrogens (primary N) is 1. The van der Waals surface area contributed by atoms with Gasteiger partial charge in [0.2, 0.25) is 0 Å². The fourth-order valence-electron chi connectivity index (χ4n) is 5.85. The van der Waals surface area contributed by atoms with E-state index in [4.69, 9.17) is 68.4 Å². The number of anilines is 2. The lowest BCUT2D eigenvalue weighted by Crippen LogP contribution is -2.12. The molecule has 7 rings (SSSR count). The highest BCUT2D eigenvalue weighted by Gasteiger charge is 2.14. The SMILES string of the molecule is COCOc1ccc(C(=O)Nc2ccccc2)cc1OCOC.COCOc1ccc(N)cc1OCOC.O=C(O)c1ccc(O)c(O)c1.O=C(O)c1ccc(OCc2ccccc2)c(OCc2ccccc2)c1. The van der Waals surface area contributed by atoms with Crippen molar-refractivity contribution in [3.05, 3.63) is 192 Å². The van der Waals surface area contributed by atoms with Gasteiger partial charge in [0.1, 0.15) is 13.2 Å². The van der Waals surface area contributed by atoms with Crippen molar-refractivity contribution in [2.24, 2.45) is 0 Å². The summed E-state index contributed by atoms with van der Waals surface area (Å²) in [6.07, 6.45) is 0. The maximum atomic E-state index is 12.3. The summed E-state index contributed by atoms with van der Waals surface area (Å²) in [4.78, 5) is 33.8. The highest BCUT2D eigenvalue weighted by Crippen LogP contribution is 2.32. The van der Waals surface area contributed by atoms with Gasteiger partial charge in [0.25, 0.3) is 5.91 Å². The molecule has 0 bridgehead atoms. The number of benzene rings is 7. The average molecular weight is 1020 g/mol. The van der Waals surface area contributed by atoms with Gasteiger partial charge in [0.15, 0.2) is 73.2 Å². The van der Waals surface area contributed by atoms with Crippen molar-refractivity contribution >= 4 is 29.2 Å². The van der Waals surface area contributed by atoms with Crippen molar-refractivity contribution in [3.63, 3.8) is 0 Å². The fourth-order valence-corrected chi connectivity index (χ4v) is 5.85. The number of rotatable bonds is 22. The van der Waals surface area contributed by atoms with E-state index in [1.54, 1.807) is 56.7 Å². The Hall–Kier alpha value is -9.01. The zero-order valence-corrected chi connectivity index (χ0v) is 41.0. The second kappa shape index (κ2) is 32.1. The quantitative estimate of drug-likeness (QED) is 0.0210. The third-order valence-electron chi connectivity index (χ3n) is 9.42. The molecule has 0 aromatic heterocycles. The van der Waals surface area contributed by atoms with E-state index in [1.807, 2.05) is 91.0 Å². The van der Waals surface area contributed by atoms with Crippen LogP contribution in [0.5, 0.6) is 46.0 Å². The zero-order chi connectivity index (χ0) is 53.5. The Kier molecular flexibility index (Phi) is 24.9. The molecule has 19 heteroatoms. The monoisotopic (exact) mass is 1020 g/mol. The van der Waals surface area contributed by atoms with Gasteiger partial charge in [0.05, 0.1) is 11.1 Å². The molecule has 0 saturated carbocycles. The van der Waals surface area contributed by atoms with E-state index in [0.29, 0.717) is 59.0 Å². The number of nitrogens with one attached hydrogen (secondary N) is 1. The molecule has 0 atom stereocenters. The number of carbonyl (C=O) groups is 3. The van der Waals surface area contributed by atoms with Gasteiger partial charge in [-0.1, -0.05) is 78.9 Å². The van der Waals surface area contributed by atoms with E-state index >= 15 is 0 Å². The molecule has 7 aromatic rings. The van der Waals surface area contributed by atoms with E-state index < -0.39 is 17.7 Å². The molecule has 19 nitrogen and oxygen atoms in total. The molecule has 0 heterocycles. The Bertz CT molecular complexity index is 2780. The number of phenols is 2. The third kappa shape index (κ3) is 20.4. The molecule has 0 unspecified atom stereocenters. The minimum atomic E-state index is -1.14. The smallest absolute Gasteiger partial charge is 0.335 e. The Morgan fingerprint density at radius 2 is 0.797 bits per heavy atom. The summed E-state index contributed by atoms with van der Waals surface area (Å²) in [7, 11) is 6.13. The van der Waals surface area contributed by atoms with Gasteiger partial charge < -0.3 is 78.8 Å². The predicted octanol–water partition coefficient (Wildman–Crippen LogP) is 9.48. The van der Waals surface area contributed by atoms with Gasteiger partial charge in [-0.2, -0.15) is 0 Å². The van der Waals surface area contributed by atoms with Crippen LogP contribution in [-0.4, -0.2) is 93.9 Å². The van der Waals surface area contributed by atoms with Gasteiger partial charge in [-0.3, -0.25) is 4.79 Å². The second-order valence-corrected chi connectivity index (χ2v) is 14.9. The molecule has 7 N–H and O–H groups in total. The van der Waals surface area contributed by atoms with Crippen LogP contribution in [0.2, 0.25) is 0 Å². The average Bonchev–Trinajstić information content (AvgIpc) is 3.42.